The van der Waals surface area contributed by atoms with Crippen molar-refractivity contribution in [2.24, 2.45) is 0 Å². The molecule has 0 aromatic rings. The fourth-order valence-corrected chi connectivity index (χ4v) is 4.79. The van der Waals surface area contributed by atoms with Crippen LogP contribution in [0.5, 0.6) is 0 Å². The summed E-state index contributed by atoms with van der Waals surface area (Å²) in [7, 11) is -4.84. The van der Waals surface area contributed by atoms with Gasteiger partial charge in [0, 0.05) is 32.6 Å². The zero-order chi connectivity index (χ0) is 22.5. The fourth-order valence-electron chi connectivity index (χ4n) is 2.58. The number of rotatable bonds is 7. The molecule has 0 unspecified atom stereocenters. The second-order valence-corrected chi connectivity index (χ2v) is 17.4. The van der Waals surface area contributed by atoms with Gasteiger partial charge in [-0.3, -0.25) is 0 Å². The molecule has 8 nitrogen and oxygen atoms in total. The number of hydrogen-bond donors (Lipinski definition) is 1. The van der Waals surface area contributed by atoms with E-state index in [4.69, 9.17) is 9.47 Å². The molecule has 1 aliphatic rings. The maximum absolute atomic E-state index is 12.6. The zero-order valence-corrected chi connectivity index (χ0v) is 20.5. The van der Waals surface area contributed by atoms with E-state index in [0.29, 0.717) is 19.6 Å². The van der Waals surface area contributed by atoms with Gasteiger partial charge >= 0.3 is 12.2 Å². The monoisotopic (exact) mass is 448 g/mol. The molecule has 1 rings (SSSR count). The third-order valence-electron chi connectivity index (χ3n) is 4.25. The highest BCUT2D eigenvalue weighted by molar-refractivity contribution is 7.94. The van der Waals surface area contributed by atoms with Gasteiger partial charge in [0.1, 0.15) is 5.60 Å². The third-order valence-corrected chi connectivity index (χ3v) is 7.80. The molecule has 1 aliphatic heterocycles. The molecule has 10 heteroatoms. The van der Waals surface area contributed by atoms with Crippen LogP contribution in [0, 0.1) is 0 Å². The van der Waals surface area contributed by atoms with Gasteiger partial charge in [-0.25, -0.2) is 18.0 Å². The number of likely N-dealkylation sites (tertiary alicyclic amines) is 1. The lowest BCUT2D eigenvalue weighted by Gasteiger charge is -2.21. The molecule has 1 N–H and O–H groups in total. The van der Waals surface area contributed by atoms with Gasteiger partial charge in [0.25, 0.3) is 0 Å². The summed E-state index contributed by atoms with van der Waals surface area (Å²) in [6.07, 6.45) is 0.711. The van der Waals surface area contributed by atoms with E-state index < -0.39 is 47.0 Å². The van der Waals surface area contributed by atoms with Crippen LogP contribution in [0.3, 0.4) is 0 Å². The van der Waals surface area contributed by atoms with Crippen LogP contribution in [-0.2, 0) is 19.3 Å². The predicted octanol–water partition coefficient (Wildman–Crippen LogP) is 3.38. The van der Waals surface area contributed by atoms with Gasteiger partial charge in [-0.1, -0.05) is 25.7 Å². The first-order chi connectivity index (χ1) is 13.1. The molecule has 1 fully saturated rings. The molecule has 0 bridgehead atoms. The van der Waals surface area contributed by atoms with Crippen LogP contribution in [0.25, 0.3) is 0 Å². The minimum atomic E-state index is -3.55. The summed E-state index contributed by atoms with van der Waals surface area (Å²) in [4.78, 5) is 25.3. The van der Waals surface area contributed by atoms with Crippen molar-refractivity contribution in [2.45, 2.75) is 76.7 Å². The predicted molar refractivity (Wildman–Crippen MR) is 116 cm³/mol. The second kappa shape index (κ2) is 9.97. The number of amides is 2. The van der Waals surface area contributed by atoms with E-state index in [0.717, 1.165) is 11.5 Å². The van der Waals surface area contributed by atoms with Crippen LogP contribution >= 0.6 is 0 Å². The van der Waals surface area contributed by atoms with E-state index in [2.05, 4.69) is 25.0 Å². The van der Waals surface area contributed by atoms with E-state index in [-0.39, 0.29) is 6.54 Å². The van der Waals surface area contributed by atoms with Gasteiger partial charge in [-0.15, -0.1) is 0 Å². The summed E-state index contributed by atoms with van der Waals surface area (Å²) in [6, 6.07) is 0.364. The lowest BCUT2D eigenvalue weighted by Crippen LogP contribution is -2.37. The smallest absolute Gasteiger partial charge is 0.409 e. The first-order valence-corrected chi connectivity index (χ1v) is 15.2. The van der Waals surface area contributed by atoms with Gasteiger partial charge in [0.15, 0.2) is 9.84 Å². The minimum absolute atomic E-state index is 0.117. The van der Waals surface area contributed by atoms with Crippen molar-refractivity contribution in [3.8, 4) is 0 Å². The van der Waals surface area contributed by atoms with Gasteiger partial charge in [-0.05, 0) is 40.2 Å². The minimum Gasteiger partial charge on any atom is -0.450 e. The van der Waals surface area contributed by atoms with E-state index in [1.165, 1.54) is 11.0 Å². The Kier molecular flexibility index (Phi) is 8.76. The summed E-state index contributed by atoms with van der Waals surface area (Å²) >= 11 is 0. The largest absolute Gasteiger partial charge is 0.450 e. The molecular weight excluding hydrogens is 412 g/mol. The van der Waals surface area contributed by atoms with E-state index in [9.17, 15) is 18.0 Å². The maximum Gasteiger partial charge on any atom is 0.409 e. The molecule has 0 aliphatic carbocycles. The topological polar surface area (TPSA) is 102 Å². The highest BCUT2D eigenvalue weighted by Crippen LogP contribution is 2.20. The van der Waals surface area contributed by atoms with Gasteiger partial charge in [0.05, 0.1) is 11.9 Å². The molecule has 0 aromatic heterocycles. The second-order valence-electron chi connectivity index (χ2n) is 9.63. The molecule has 0 spiro atoms. The first-order valence-electron chi connectivity index (χ1n) is 9.92. The SMILES string of the molecule is C[C@H](/C=C\S(=O)(=O)[C@@H]1CCN(C(=O)OCC[Si](C)(C)C)C1)NC(=O)OC(C)(C)C. The standard InChI is InChI=1S/C19H36N2O6SSi/c1-15(20-17(22)27-19(2,3)4)9-12-28(24,25)16-8-10-21(14-16)18(23)26-11-13-29(5,6)7/h9,12,15-16H,8,10-11,13-14H2,1-7H3,(H,20,22)/b12-9-/t15-,16-/m1/s1. The maximum atomic E-state index is 12.6. The van der Waals surface area contributed by atoms with E-state index in [1.807, 2.05) is 0 Å². The Hall–Kier alpha value is -1.55. The summed E-state index contributed by atoms with van der Waals surface area (Å²) in [5, 5.41) is 3.01. The highest BCUT2D eigenvalue weighted by Gasteiger charge is 2.34. The molecule has 1 saturated heterocycles. The Balaban J connectivity index is 2.53. The Labute approximate surface area is 175 Å². The molecule has 1 heterocycles. The van der Waals surface area contributed by atoms with Crippen LogP contribution in [0.1, 0.15) is 34.1 Å². The van der Waals surface area contributed by atoms with Crippen LogP contribution in [0.2, 0.25) is 25.7 Å². The molecule has 0 saturated carbocycles. The number of hydrogen-bond acceptors (Lipinski definition) is 6. The quantitative estimate of drug-likeness (QED) is 0.599. The summed E-state index contributed by atoms with van der Waals surface area (Å²) < 4.78 is 35.6. The number of carbonyl (C=O) groups is 2. The zero-order valence-electron chi connectivity index (χ0n) is 18.6. The van der Waals surface area contributed by atoms with Gasteiger partial charge in [-0.2, -0.15) is 0 Å². The Bertz CT molecular complexity index is 709. The van der Waals surface area contributed by atoms with Crippen molar-refractivity contribution < 1.29 is 27.5 Å². The van der Waals surface area contributed by atoms with E-state index >= 15 is 0 Å². The van der Waals surface area contributed by atoms with Crippen molar-refractivity contribution in [1.82, 2.24) is 10.2 Å². The molecule has 2 atom stereocenters. The summed E-state index contributed by atoms with van der Waals surface area (Å²) in [6.45, 7) is 14.3. The molecule has 29 heavy (non-hydrogen) atoms. The first kappa shape index (κ1) is 25.5. The van der Waals surface area contributed by atoms with E-state index in [1.54, 1.807) is 27.7 Å². The number of ether oxygens (including phenoxy) is 2. The normalized spacial score (nSPS) is 19.3. The Morgan fingerprint density at radius 2 is 1.90 bits per heavy atom. The average molecular weight is 449 g/mol. The van der Waals surface area contributed by atoms with Crippen molar-refractivity contribution in [1.29, 1.82) is 0 Å². The molecule has 2 amide bonds. The van der Waals surface area contributed by atoms with Crippen molar-refractivity contribution >= 4 is 30.1 Å². The molecular formula is C19H36N2O6SSi. The lowest BCUT2D eigenvalue weighted by atomic mass is 10.2. The fraction of sp³-hybridized carbons (Fsp3) is 0.789. The lowest BCUT2D eigenvalue weighted by molar-refractivity contribution is 0.0518. The molecule has 0 radical (unpaired) electrons. The van der Waals surface area contributed by atoms with Gasteiger partial charge < -0.3 is 19.7 Å². The third kappa shape index (κ3) is 10.2. The number of sulfone groups is 1. The number of nitrogens with one attached hydrogen (secondary N) is 1. The summed E-state index contributed by atoms with van der Waals surface area (Å²) in [5.74, 6) is 0. The summed E-state index contributed by atoms with van der Waals surface area (Å²) in [5.41, 5.74) is -0.628. The number of carbonyl (C=O) groups excluding carboxylic acids is 2. The Morgan fingerprint density at radius 3 is 2.45 bits per heavy atom. The number of nitrogens with zero attached hydrogens (tertiary/aromatic N) is 1. The van der Waals surface area contributed by atoms with Crippen molar-refractivity contribution in [3.63, 3.8) is 0 Å². The van der Waals surface area contributed by atoms with Crippen LogP contribution in [0.15, 0.2) is 11.5 Å². The van der Waals surface area contributed by atoms with Crippen LogP contribution in [0.4, 0.5) is 9.59 Å². The average Bonchev–Trinajstić information content (AvgIpc) is 3.00. The van der Waals surface area contributed by atoms with Crippen LogP contribution < -0.4 is 5.32 Å². The van der Waals surface area contributed by atoms with Crippen molar-refractivity contribution in [3.05, 3.63) is 11.5 Å². The molecule has 168 valence electrons. The van der Waals surface area contributed by atoms with Gasteiger partial charge in [0.2, 0.25) is 0 Å². The molecule has 0 aromatic carbocycles. The van der Waals surface area contributed by atoms with Crippen molar-refractivity contribution in [2.75, 3.05) is 19.7 Å². The number of alkyl carbamates (subject to hydrolysis) is 1. The Morgan fingerprint density at radius 1 is 1.28 bits per heavy atom. The highest BCUT2D eigenvalue weighted by atomic mass is 32.2. The van der Waals surface area contributed by atoms with Crippen LogP contribution in [-0.4, -0.2) is 70.2 Å².